The highest BCUT2D eigenvalue weighted by atomic mass is 16.6. The normalized spacial score (nSPS) is 12.3. The molecule has 0 aromatic heterocycles. The molecule has 496 valence electrons. The van der Waals surface area contributed by atoms with Crippen molar-refractivity contribution in [3.8, 4) is 0 Å². The maximum atomic E-state index is 12.4. The number of rotatable bonds is 73. The zero-order valence-corrected chi connectivity index (χ0v) is 57.2. The molecule has 1 N–H and O–H groups in total. The molecule has 0 aliphatic carbocycles. The molecule has 0 heterocycles. The predicted octanol–water partition coefficient (Wildman–Crippen LogP) is 26.9. The van der Waals surface area contributed by atoms with Crippen molar-refractivity contribution < 1.29 is 24.2 Å². The lowest BCUT2D eigenvalue weighted by molar-refractivity contribution is -0.161. The first-order valence-electron chi connectivity index (χ1n) is 38.5. The number of carbonyl (C=O) groups excluding carboxylic acids is 2. The van der Waals surface area contributed by atoms with Gasteiger partial charge >= 0.3 is 11.9 Å². The summed E-state index contributed by atoms with van der Waals surface area (Å²) in [7, 11) is 0. The van der Waals surface area contributed by atoms with Gasteiger partial charge in [0.1, 0.15) is 6.61 Å². The second kappa shape index (κ2) is 75.4. The largest absolute Gasteiger partial charge is 0.462 e. The van der Waals surface area contributed by atoms with Gasteiger partial charge in [0, 0.05) is 12.8 Å². The summed E-state index contributed by atoms with van der Waals surface area (Å²) in [4.78, 5) is 24.7. The molecule has 0 bridgehead atoms. The topological polar surface area (TPSA) is 72.8 Å². The Balaban J connectivity index is 3.36. The van der Waals surface area contributed by atoms with Gasteiger partial charge in [0.25, 0.3) is 0 Å². The van der Waals surface area contributed by atoms with E-state index in [1.165, 1.54) is 366 Å². The Morgan fingerprint density at radius 2 is 0.476 bits per heavy atom. The quantitative estimate of drug-likeness (QED) is 0.0373. The van der Waals surface area contributed by atoms with E-state index in [2.05, 4.69) is 50.3 Å². The molecule has 1 unspecified atom stereocenters. The molecule has 0 saturated carbocycles. The zero-order valence-electron chi connectivity index (χ0n) is 57.2. The molecule has 0 amide bonds. The first kappa shape index (κ1) is 82.1. The number of esters is 2. The number of hydrogen-bond donors (Lipinski definition) is 1. The number of aliphatic hydroxyl groups is 1. The minimum Gasteiger partial charge on any atom is -0.462 e. The van der Waals surface area contributed by atoms with Gasteiger partial charge in [-0.25, -0.2) is 0 Å². The molecular formula is C79H150O5. The number of carbonyl (C=O) groups is 2. The van der Waals surface area contributed by atoms with Crippen LogP contribution in [-0.2, 0) is 19.1 Å². The fraction of sp³-hybridized carbons (Fsp3) is 0.899. The van der Waals surface area contributed by atoms with Crippen molar-refractivity contribution in [1.82, 2.24) is 0 Å². The van der Waals surface area contributed by atoms with Crippen LogP contribution in [-0.4, -0.2) is 36.4 Å². The Kier molecular flexibility index (Phi) is 73.7. The maximum absolute atomic E-state index is 12.4. The minimum atomic E-state index is -0.769. The van der Waals surface area contributed by atoms with E-state index in [0.717, 1.165) is 44.9 Å². The van der Waals surface area contributed by atoms with E-state index in [1.54, 1.807) is 0 Å². The number of hydrogen-bond acceptors (Lipinski definition) is 5. The van der Waals surface area contributed by atoms with Crippen LogP contribution in [0.15, 0.2) is 36.5 Å². The van der Waals surface area contributed by atoms with Gasteiger partial charge in [0.2, 0.25) is 0 Å². The standard InChI is InChI=1S/C79H150O5/c1-3-5-7-9-11-13-15-17-19-21-23-25-27-29-31-33-35-37-38-39-40-42-44-46-48-50-52-54-56-58-60-62-64-66-68-70-72-74-79(82)84-77(75-80)76-83-78(81)73-71-69-67-65-63-61-59-57-55-53-51-49-47-45-43-41-36-34-32-30-28-26-24-22-20-18-16-14-12-10-8-6-4-2/h15,17,21,23,27,29,77,80H,3-14,16,18-20,22,24-26,28,30-76H2,1-2H3/b17-15-,23-21-,29-27-. The van der Waals surface area contributed by atoms with Crippen molar-refractivity contribution in [3.05, 3.63) is 36.5 Å². The predicted molar refractivity (Wildman–Crippen MR) is 371 cm³/mol. The van der Waals surface area contributed by atoms with Gasteiger partial charge in [-0.3, -0.25) is 9.59 Å². The lowest BCUT2D eigenvalue weighted by Crippen LogP contribution is -2.28. The first-order chi connectivity index (χ1) is 41.6. The summed E-state index contributed by atoms with van der Waals surface area (Å²) in [6, 6.07) is 0. The average molecular weight is 1180 g/mol. The van der Waals surface area contributed by atoms with Gasteiger partial charge in [-0.1, -0.05) is 410 Å². The Hall–Kier alpha value is -1.88. The van der Waals surface area contributed by atoms with Gasteiger partial charge in [0.05, 0.1) is 6.61 Å². The van der Waals surface area contributed by atoms with E-state index in [9.17, 15) is 14.7 Å². The molecular weight excluding hydrogens is 1030 g/mol. The highest BCUT2D eigenvalue weighted by Crippen LogP contribution is 2.20. The monoisotopic (exact) mass is 1180 g/mol. The SMILES string of the molecule is CCCCCCC/C=C\C/C=C\C/C=C\CCCCCCCCCCCCCCCCCCCCCCCCC(=O)OC(CO)COC(=O)CCCCCCCCCCCCCCCCCCCCCCCCCCCCCCCCCCC. The Morgan fingerprint density at radius 3 is 0.714 bits per heavy atom. The molecule has 0 rings (SSSR count). The molecule has 1 atom stereocenters. The molecule has 0 aliphatic rings. The van der Waals surface area contributed by atoms with Crippen LogP contribution < -0.4 is 0 Å². The molecule has 0 aromatic rings. The van der Waals surface area contributed by atoms with E-state index >= 15 is 0 Å². The van der Waals surface area contributed by atoms with Gasteiger partial charge < -0.3 is 14.6 Å². The Labute approximate surface area is 526 Å². The zero-order chi connectivity index (χ0) is 60.5. The number of aliphatic hydroxyl groups excluding tert-OH is 1. The average Bonchev–Trinajstić information content (AvgIpc) is 3.51. The van der Waals surface area contributed by atoms with Crippen LogP contribution in [0.4, 0.5) is 0 Å². The third-order valence-electron chi connectivity index (χ3n) is 17.9. The number of allylic oxidation sites excluding steroid dienone is 6. The van der Waals surface area contributed by atoms with Crippen molar-refractivity contribution in [3.63, 3.8) is 0 Å². The van der Waals surface area contributed by atoms with Crippen molar-refractivity contribution in [2.45, 2.75) is 444 Å². The van der Waals surface area contributed by atoms with E-state index < -0.39 is 6.10 Å². The van der Waals surface area contributed by atoms with Crippen LogP contribution in [0.3, 0.4) is 0 Å². The maximum Gasteiger partial charge on any atom is 0.306 e. The molecule has 0 radical (unpaired) electrons. The lowest BCUT2D eigenvalue weighted by Gasteiger charge is -2.15. The van der Waals surface area contributed by atoms with Gasteiger partial charge in [-0.2, -0.15) is 0 Å². The molecule has 0 saturated heterocycles. The molecule has 5 nitrogen and oxygen atoms in total. The summed E-state index contributed by atoms with van der Waals surface area (Å²) >= 11 is 0. The number of ether oxygens (including phenoxy) is 2. The lowest BCUT2D eigenvalue weighted by atomic mass is 10.0. The summed E-state index contributed by atoms with van der Waals surface area (Å²) in [6.45, 7) is 4.20. The highest BCUT2D eigenvalue weighted by Gasteiger charge is 2.16. The van der Waals surface area contributed by atoms with Crippen LogP contribution >= 0.6 is 0 Å². The van der Waals surface area contributed by atoms with E-state index in [4.69, 9.17) is 9.47 Å². The number of unbranched alkanes of at least 4 members (excludes halogenated alkanes) is 59. The van der Waals surface area contributed by atoms with Crippen LogP contribution in [0, 0.1) is 0 Å². The van der Waals surface area contributed by atoms with Crippen molar-refractivity contribution in [2.24, 2.45) is 0 Å². The van der Waals surface area contributed by atoms with E-state index in [0.29, 0.717) is 12.8 Å². The van der Waals surface area contributed by atoms with E-state index in [-0.39, 0.29) is 25.2 Å². The second-order valence-corrected chi connectivity index (χ2v) is 26.4. The second-order valence-electron chi connectivity index (χ2n) is 26.4. The van der Waals surface area contributed by atoms with Crippen molar-refractivity contribution in [2.75, 3.05) is 13.2 Å². The summed E-state index contributed by atoms with van der Waals surface area (Å²) in [5, 5.41) is 9.72. The molecule has 84 heavy (non-hydrogen) atoms. The molecule has 0 aromatic carbocycles. The molecule has 5 heteroatoms. The Bertz CT molecular complexity index is 1340. The van der Waals surface area contributed by atoms with Crippen molar-refractivity contribution >= 4 is 11.9 Å². The van der Waals surface area contributed by atoms with Gasteiger partial charge in [-0.15, -0.1) is 0 Å². The first-order valence-corrected chi connectivity index (χ1v) is 38.5. The smallest absolute Gasteiger partial charge is 0.306 e. The Morgan fingerprint density at radius 1 is 0.274 bits per heavy atom. The van der Waals surface area contributed by atoms with Crippen LogP contribution in [0.25, 0.3) is 0 Å². The summed E-state index contributed by atoms with van der Waals surface area (Å²) in [5.74, 6) is -0.562. The van der Waals surface area contributed by atoms with Crippen molar-refractivity contribution in [1.29, 1.82) is 0 Å². The van der Waals surface area contributed by atoms with Crippen LogP contribution in [0.5, 0.6) is 0 Å². The van der Waals surface area contributed by atoms with Gasteiger partial charge in [0.15, 0.2) is 6.10 Å². The van der Waals surface area contributed by atoms with Crippen LogP contribution in [0.2, 0.25) is 0 Å². The fourth-order valence-corrected chi connectivity index (χ4v) is 12.2. The molecule has 0 fully saturated rings. The van der Waals surface area contributed by atoms with Crippen LogP contribution in [0.1, 0.15) is 438 Å². The van der Waals surface area contributed by atoms with Gasteiger partial charge in [-0.05, 0) is 51.4 Å². The fourth-order valence-electron chi connectivity index (χ4n) is 12.2. The summed E-state index contributed by atoms with van der Waals surface area (Å²) in [5.41, 5.74) is 0. The summed E-state index contributed by atoms with van der Waals surface area (Å²) in [6.07, 6.45) is 101. The van der Waals surface area contributed by atoms with E-state index in [1.807, 2.05) is 0 Å². The molecule has 0 aliphatic heterocycles. The minimum absolute atomic E-state index is 0.0580. The highest BCUT2D eigenvalue weighted by molar-refractivity contribution is 5.70. The summed E-state index contributed by atoms with van der Waals surface area (Å²) < 4.78 is 10.8. The third kappa shape index (κ3) is 72.6. The third-order valence-corrected chi connectivity index (χ3v) is 17.9. The molecule has 0 spiro atoms.